The van der Waals surface area contributed by atoms with Crippen LogP contribution < -0.4 is 15.4 Å². The Morgan fingerprint density at radius 2 is 1.91 bits per heavy atom. The number of nitrogens with zero attached hydrogens (tertiary/aromatic N) is 2. The normalized spacial score (nSPS) is 19.3. The van der Waals surface area contributed by atoms with E-state index in [9.17, 15) is 4.39 Å². The quantitative estimate of drug-likeness (QED) is 0.488. The first kappa shape index (κ1) is 22.6. The third-order valence-electron chi connectivity index (χ3n) is 6.56. The Morgan fingerprint density at radius 1 is 1.16 bits per heavy atom. The number of rotatable bonds is 8. The maximum Gasteiger partial charge on any atom is 0.191 e. The molecule has 1 aliphatic heterocycles. The van der Waals surface area contributed by atoms with Crippen molar-refractivity contribution in [2.24, 2.45) is 4.99 Å². The SMILES string of the molecule is CN=C(NCC(c1ccc(OC)cc1)N1CCOCC1)NCC1(c2cccc(F)c2)CC1. The van der Waals surface area contributed by atoms with Crippen LogP contribution in [0.3, 0.4) is 0 Å². The number of hydrogen-bond donors (Lipinski definition) is 2. The average molecular weight is 441 g/mol. The predicted molar refractivity (Wildman–Crippen MR) is 125 cm³/mol. The number of nitrogens with one attached hydrogen (secondary N) is 2. The van der Waals surface area contributed by atoms with Crippen LogP contribution in [0.4, 0.5) is 4.39 Å². The zero-order valence-electron chi connectivity index (χ0n) is 18.9. The van der Waals surface area contributed by atoms with Crippen LogP contribution in [0.15, 0.2) is 53.5 Å². The van der Waals surface area contributed by atoms with Gasteiger partial charge in [0, 0.05) is 38.6 Å². The highest BCUT2D eigenvalue weighted by Gasteiger charge is 2.44. The van der Waals surface area contributed by atoms with Gasteiger partial charge in [-0.25, -0.2) is 4.39 Å². The maximum absolute atomic E-state index is 13.7. The van der Waals surface area contributed by atoms with Crippen LogP contribution in [0.1, 0.15) is 30.0 Å². The summed E-state index contributed by atoms with van der Waals surface area (Å²) in [4.78, 5) is 6.87. The molecule has 1 aliphatic carbocycles. The molecule has 2 aliphatic rings. The second-order valence-electron chi connectivity index (χ2n) is 8.53. The van der Waals surface area contributed by atoms with Gasteiger partial charge in [0.1, 0.15) is 11.6 Å². The zero-order chi connectivity index (χ0) is 22.4. The average Bonchev–Trinajstić information content (AvgIpc) is 3.63. The molecule has 0 radical (unpaired) electrons. The molecule has 1 heterocycles. The smallest absolute Gasteiger partial charge is 0.191 e. The van der Waals surface area contributed by atoms with Crippen LogP contribution in [-0.4, -0.2) is 64.4 Å². The minimum absolute atomic E-state index is 0.000681. The number of benzene rings is 2. The van der Waals surface area contributed by atoms with E-state index in [1.165, 1.54) is 11.6 Å². The van der Waals surface area contributed by atoms with Crippen LogP contribution in [0.25, 0.3) is 0 Å². The van der Waals surface area contributed by atoms with Gasteiger partial charge in [-0.1, -0.05) is 24.3 Å². The van der Waals surface area contributed by atoms with Gasteiger partial charge < -0.3 is 20.1 Å². The van der Waals surface area contributed by atoms with Crippen molar-refractivity contribution >= 4 is 5.96 Å². The summed E-state index contributed by atoms with van der Waals surface area (Å²) in [6.07, 6.45) is 2.12. The van der Waals surface area contributed by atoms with E-state index in [2.05, 4.69) is 32.7 Å². The van der Waals surface area contributed by atoms with Crippen molar-refractivity contribution in [1.29, 1.82) is 0 Å². The van der Waals surface area contributed by atoms with E-state index in [0.717, 1.165) is 69.5 Å². The third-order valence-corrected chi connectivity index (χ3v) is 6.56. The van der Waals surface area contributed by atoms with Crippen molar-refractivity contribution in [1.82, 2.24) is 15.5 Å². The minimum Gasteiger partial charge on any atom is -0.497 e. The fourth-order valence-electron chi connectivity index (χ4n) is 4.38. The number of guanidine groups is 1. The Labute approximate surface area is 189 Å². The van der Waals surface area contributed by atoms with E-state index in [4.69, 9.17) is 9.47 Å². The molecule has 2 N–H and O–H groups in total. The van der Waals surface area contributed by atoms with Crippen LogP contribution in [0.5, 0.6) is 5.75 Å². The van der Waals surface area contributed by atoms with Gasteiger partial charge in [0.15, 0.2) is 5.96 Å². The van der Waals surface area contributed by atoms with E-state index < -0.39 is 0 Å². The Morgan fingerprint density at radius 3 is 2.53 bits per heavy atom. The molecule has 1 unspecified atom stereocenters. The molecule has 0 bridgehead atoms. The van der Waals surface area contributed by atoms with Gasteiger partial charge in [-0.3, -0.25) is 9.89 Å². The molecule has 0 amide bonds. The maximum atomic E-state index is 13.7. The Balaban J connectivity index is 1.39. The molecular formula is C25H33FN4O2. The molecule has 4 rings (SSSR count). The summed E-state index contributed by atoms with van der Waals surface area (Å²) in [5.74, 6) is 1.44. The Hall–Kier alpha value is -2.64. The Bertz CT molecular complexity index is 908. The lowest BCUT2D eigenvalue weighted by molar-refractivity contribution is 0.0170. The van der Waals surface area contributed by atoms with Crippen molar-refractivity contribution in [2.45, 2.75) is 24.3 Å². The highest BCUT2D eigenvalue weighted by atomic mass is 19.1. The summed E-state index contributed by atoms with van der Waals surface area (Å²) in [6.45, 7) is 4.74. The molecule has 1 saturated heterocycles. The van der Waals surface area contributed by atoms with E-state index >= 15 is 0 Å². The first-order valence-corrected chi connectivity index (χ1v) is 11.3. The lowest BCUT2D eigenvalue weighted by Gasteiger charge is -2.35. The number of halogens is 1. The molecule has 2 aromatic carbocycles. The third kappa shape index (κ3) is 5.40. The van der Waals surface area contributed by atoms with E-state index in [1.54, 1.807) is 26.3 Å². The van der Waals surface area contributed by atoms with Gasteiger partial charge in [0.05, 0.1) is 26.4 Å². The number of aliphatic imine (C=N–C) groups is 1. The Kier molecular flexibility index (Phi) is 7.27. The van der Waals surface area contributed by atoms with E-state index in [-0.39, 0.29) is 17.3 Å². The van der Waals surface area contributed by atoms with E-state index in [1.807, 2.05) is 18.2 Å². The van der Waals surface area contributed by atoms with Crippen LogP contribution >= 0.6 is 0 Å². The first-order valence-electron chi connectivity index (χ1n) is 11.3. The largest absolute Gasteiger partial charge is 0.497 e. The highest BCUT2D eigenvalue weighted by molar-refractivity contribution is 5.79. The standard InChI is InChI=1S/C25H33FN4O2/c1-27-24(29-18-25(10-11-25)20-4-3-5-21(26)16-20)28-17-23(30-12-14-32-15-13-30)19-6-8-22(31-2)9-7-19/h3-9,16,23H,10-15,17-18H2,1-2H3,(H2,27,28,29). The summed E-state index contributed by atoms with van der Waals surface area (Å²) in [5, 5.41) is 6.98. The molecule has 172 valence electrons. The van der Waals surface area contributed by atoms with Crippen LogP contribution in [0, 0.1) is 5.82 Å². The lowest BCUT2D eigenvalue weighted by Crippen LogP contribution is -2.47. The fraction of sp³-hybridized carbons (Fsp3) is 0.480. The van der Waals surface area contributed by atoms with Gasteiger partial charge in [-0.2, -0.15) is 0 Å². The topological polar surface area (TPSA) is 58.1 Å². The predicted octanol–water partition coefficient (Wildman–Crippen LogP) is 3.10. The number of methoxy groups -OCH3 is 1. The van der Waals surface area contributed by atoms with E-state index in [0.29, 0.717) is 0 Å². The van der Waals surface area contributed by atoms with Gasteiger partial charge in [0.25, 0.3) is 0 Å². The number of hydrogen-bond acceptors (Lipinski definition) is 4. The first-order chi connectivity index (χ1) is 15.6. The molecule has 1 saturated carbocycles. The lowest BCUT2D eigenvalue weighted by atomic mass is 9.96. The summed E-state index contributed by atoms with van der Waals surface area (Å²) >= 11 is 0. The summed E-state index contributed by atoms with van der Waals surface area (Å²) < 4.78 is 24.6. The number of ether oxygens (including phenoxy) is 2. The molecule has 0 aromatic heterocycles. The monoisotopic (exact) mass is 440 g/mol. The molecule has 2 aromatic rings. The van der Waals surface area contributed by atoms with Crippen molar-refractivity contribution in [3.63, 3.8) is 0 Å². The molecule has 32 heavy (non-hydrogen) atoms. The minimum atomic E-state index is -0.177. The molecule has 1 atom stereocenters. The molecular weight excluding hydrogens is 407 g/mol. The number of morpholine rings is 1. The molecule has 7 heteroatoms. The molecule has 0 spiro atoms. The summed E-state index contributed by atoms with van der Waals surface area (Å²) in [6, 6.07) is 15.4. The van der Waals surface area contributed by atoms with Crippen LogP contribution in [0.2, 0.25) is 0 Å². The van der Waals surface area contributed by atoms with Gasteiger partial charge in [-0.15, -0.1) is 0 Å². The van der Waals surface area contributed by atoms with Crippen LogP contribution in [-0.2, 0) is 10.2 Å². The fourth-order valence-corrected chi connectivity index (χ4v) is 4.38. The van der Waals surface area contributed by atoms with Crippen molar-refractivity contribution in [2.75, 3.05) is 53.6 Å². The molecule has 2 fully saturated rings. The highest BCUT2D eigenvalue weighted by Crippen LogP contribution is 2.47. The second kappa shape index (κ2) is 10.3. The van der Waals surface area contributed by atoms with Crippen molar-refractivity contribution in [3.05, 3.63) is 65.5 Å². The van der Waals surface area contributed by atoms with Crippen molar-refractivity contribution in [3.8, 4) is 5.75 Å². The van der Waals surface area contributed by atoms with Gasteiger partial charge in [0.2, 0.25) is 0 Å². The summed E-state index contributed by atoms with van der Waals surface area (Å²) in [5.41, 5.74) is 2.29. The van der Waals surface area contributed by atoms with Gasteiger partial charge in [-0.05, 0) is 48.2 Å². The summed E-state index contributed by atoms with van der Waals surface area (Å²) in [7, 11) is 3.47. The van der Waals surface area contributed by atoms with Gasteiger partial charge >= 0.3 is 0 Å². The zero-order valence-corrected chi connectivity index (χ0v) is 18.9. The molecule has 6 nitrogen and oxygen atoms in total. The van der Waals surface area contributed by atoms with Crippen molar-refractivity contribution < 1.29 is 13.9 Å². The second-order valence-corrected chi connectivity index (χ2v) is 8.53.